The first-order valence-electron chi connectivity index (χ1n) is 7.28. The van der Waals surface area contributed by atoms with E-state index in [1.54, 1.807) is 0 Å². The molecule has 1 aromatic heterocycles. The van der Waals surface area contributed by atoms with E-state index in [-0.39, 0.29) is 0 Å². The summed E-state index contributed by atoms with van der Waals surface area (Å²) in [6.45, 7) is 6.32. The monoisotopic (exact) mass is 247 g/mol. The fourth-order valence-electron chi connectivity index (χ4n) is 3.05. The van der Waals surface area contributed by atoms with Crippen LogP contribution in [0.3, 0.4) is 0 Å². The number of anilines is 1. The predicted molar refractivity (Wildman–Crippen MR) is 75.8 cm³/mol. The molecule has 1 N–H and O–H groups in total. The van der Waals surface area contributed by atoms with Gasteiger partial charge in [0.05, 0.1) is 0 Å². The third kappa shape index (κ3) is 3.44. The number of nitrogens with one attached hydrogen (secondary N) is 1. The highest BCUT2D eigenvalue weighted by Crippen LogP contribution is 2.29. The molecule has 1 unspecified atom stereocenters. The summed E-state index contributed by atoms with van der Waals surface area (Å²) in [5, 5.41) is 3.56. The van der Waals surface area contributed by atoms with Crippen LogP contribution >= 0.6 is 0 Å². The zero-order valence-corrected chi connectivity index (χ0v) is 11.9. The molecule has 1 atom stereocenters. The Morgan fingerprint density at radius 2 is 1.78 bits per heavy atom. The standard InChI is InChI=1S/C15H25N3/c1-4-14(13-8-6-5-7-9-13)18-15-16-11(2)10-12(3)17-15/h10,13-14H,4-9H2,1-3H3,(H,16,17,18). The van der Waals surface area contributed by atoms with Crippen LogP contribution in [-0.2, 0) is 0 Å². The van der Waals surface area contributed by atoms with Gasteiger partial charge in [0.25, 0.3) is 0 Å². The largest absolute Gasteiger partial charge is 0.351 e. The van der Waals surface area contributed by atoms with Crippen molar-refractivity contribution >= 4 is 5.95 Å². The van der Waals surface area contributed by atoms with Crippen molar-refractivity contribution in [1.82, 2.24) is 9.97 Å². The predicted octanol–water partition coefficient (Wildman–Crippen LogP) is 3.86. The summed E-state index contributed by atoms with van der Waals surface area (Å²) < 4.78 is 0. The van der Waals surface area contributed by atoms with Crippen LogP contribution in [0.5, 0.6) is 0 Å². The molecule has 0 saturated heterocycles. The molecule has 1 aromatic rings. The van der Waals surface area contributed by atoms with Gasteiger partial charge in [-0.3, -0.25) is 0 Å². The van der Waals surface area contributed by atoms with Crippen molar-refractivity contribution in [3.8, 4) is 0 Å². The fourth-order valence-corrected chi connectivity index (χ4v) is 3.05. The summed E-state index contributed by atoms with van der Waals surface area (Å²) in [5.41, 5.74) is 2.09. The highest BCUT2D eigenvalue weighted by Gasteiger charge is 2.22. The van der Waals surface area contributed by atoms with Gasteiger partial charge in [0.1, 0.15) is 0 Å². The zero-order chi connectivity index (χ0) is 13.0. The molecule has 1 aliphatic rings. The summed E-state index contributed by atoms with van der Waals surface area (Å²) in [7, 11) is 0. The zero-order valence-electron chi connectivity index (χ0n) is 11.9. The van der Waals surface area contributed by atoms with E-state index >= 15 is 0 Å². The van der Waals surface area contributed by atoms with Gasteiger partial charge >= 0.3 is 0 Å². The van der Waals surface area contributed by atoms with Crippen molar-refractivity contribution < 1.29 is 0 Å². The minimum atomic E-state index is 0.534. The number of aryl methyl sites for hydroxylation is 2. The molecule has 3 heteroatoms. The SMILES string of the molecule is CCC(Nc1nc(C)cc(C)n1)C1CCCCC1. The van der Waals surface area contributed by atoms with Gasteiger partial charge in [-0.2, -0.15) is 0 Å². The first-order valence-corrected chi connectivity index (χ1v) is 7.28. The molecule has 0 bridgehead atoms. The first kappa shape index (κ1) is 13.3. The average molecular weight is 247 g/mol. The first-order chi connectivity index (χ1) is 8.69. The Morgan fingerprint density at radius 1 is 1.17 bits per heavy atom. The third-order valence-corrected chi connectivity index (χ3v) is 3.96. The number of nitrogens with zero attached hydrogens (tertiary/aromatic N) is 2. The molecular formula is C15H25N3. The van der Waals surface area contributed by atoms with Gasteiger partial charge in [-0.25, -0.2) is 9.97 Å². The molecule has 100 valence electrons. The Bertz CT molecular complexity index is 363. The summed E-state index contributed by atoms with van der Waals surface area (Å²) in [6.07, 6.45) is 8.05. The fraction of sp³-hybridized carbons (Fsp3) is 0.733. The third-order valence-electron chi connectivity index (χ3n) is 3.96. The van der Waals surface area contributed by atoms with E-state index < -0.39 is 0 Å². The maximum absolute atomic E-state index is 4.49. The molecule has 2 rings (SSSR count). The maximum atomic E-state index is 4.49. The van der Waals surface area contributed by atoms with Crippen LogP contribution in [-0.4, -0.2) is 16.0 Å². The second-order valence-corrected chi connectivity index (χ2v) is 5.53. The molecule has 0 aromatic carbocycles. The number of hydrogen-bond acceptors (Lipinski definition) is 3. The van der Waals surface area contributed by atoms with Crippen molar-refractivity contribution in [3.63, 3.8) is 0 Å². The molecule has 0 radical (unpaired) electrons. The Labute approximate surface area is 110 Å². The highest BCUT2D eigenvalue weighted by atomic mass is 15.1. The molecule has 3 nitrogen and oxygen atoms in total. The number of aromatic nitrogens is 2. The van der Waals surface area contributed by atoms with Gasteiger partial charge in [-0.1, -0.05) is 26.2 Å². The van der Waals surface area contributed by atoms with Crippen LogP contribution in [0, 0.1) is 19.8 Å². The topological polar surface area (TPSA) is 37.8 Å². The summed E-state index contributed by atoms with van der Waals surface area (Å²) in [6, 6.07) is 2.55. The summed E-state index contributed by atoms with van der Waals surface area (Å²) in [4.78, 5) is 8.99. The highest BCUT2D eigenvalue weighted by molar-refractivity contribution is 5.29. The second-order valence-electron chi connectivity index (χ2n) is 5.53. The van der Waals surface area contributed by atoms with E-state index in [0.717, 1.165) is 29.7 Å². The molecule has 1 saturated carbocycles. The molecule has 1 fully saturated rings. The number of hydrogen-bond donors (Lipinski definition) is 1. The van der Waals surface area contributed by atoms with Gasteiger partial charge in [-0.15, -0.1) is 0 Å². The van der Waals surface area contributed by atoms with Crippen LogP contribution in [0.2, 0.25) is 0 Å². The van der Waals surface area contributed by atoms with Gasteiger partial charge in [0.15, 0.2) is 0 Å². The Morgan fingerprint density at radius 3 is 2.33 bits per heavy atom. The minimum Gasteiger partial charge on any atom is -0.351 e. The van der Waals surface area contributed by atoms with Crippen molar-refractivity contribution in [1.29, 1.82) is 0 Å². The van der Waals surface area contributed by atoms with Crippen molar-refractivity contribution in [2.45, 2.75) is 65.3 Å². The molecular weight excluding hydrogens is 222 g/mol. The lowest BCUT2D eigenvalue weighted by molar-refractivity contribution is 0.312. The lowest BCUT2D eigenvalue weighted by atomic mass is 9.83. The normalized spacial score (nSPS) is 18.6. The van der Waals surface area contributed by atoms with Crippen molar-refractivity contribution in [2.24, 2.45) is 5.92 Å². The van der Waals surface area contributed by atoms with Gasteiger partial charge in [-0.05, 0) is 45.1 Å². The molecule has 0 amide bonds. The smallest absolute Gasteiger partial charge is 0.223 e. The van der Waals surface area contributed by atoms with Crippen molar-refractivity contribution in [2.75, 3.05) is 5.32 Å². The molecule has 1 heterocycles. The minimum absolute atomic E-state index is 0.534. The van der Waals surface area contributed by atoms with Crippen LogP contribution in [0.15, 0.2) is 6.07 Å². The van der Waals surface area contributed by atoms with Crippen LogP contribution in [0.4, 0.5) is 5.95 Å². The van der Waals surface area contributed by atoms with E-state index in [4.69, 9.17) is 0 Å². The van der Waals surface area contributed by atoms with Crippen LogP contribution in [0.25, 0.3) is 0 Å². The summed E-state index contributed by atoms with van der Waals surface area (Å²) >= 11 is 0. The van der Waals surface area contributed by atoms with Gasteiger partial charge < -0.3 is 5.32 Å². The molecule has 0 spiro atoms. The van der Waals surface area contributed by atoms with E-state index in [0.29, 0.717) is 6.04 Å². The molecule has 18 heavy (non-hydrogen) atoms. The van der Waals surface area contributed by atoms with E-state index in [1.807, 2.05) is 19.9 Å². The quantitative estimate of drug-likeness (QED) is 0.877. The Balaban J connectivity index is 2.04. The van der Waals surface area contributed by atoms with Crippen LogP contribution < -0.4 is 5.32 Å². The average Bonchev–Trinajstić information content (AvgIpc) is 2.36. The van der Waals surface area contributed by atoms with Gasteiger partial charge in [0, 0.05) is 17.4 Å². The van der Waals surface area contributed by atoms with Gasteiger partial charge in [0.2, 0.25) is 5.95 Å². The lowest BCUT2D eigenvalue weighted by Gasteiger charge is -2.30. The Kier molecular flexibility index (Phi) is 4.56. The van der Waals surface area contributed by atoms with Crippen LogP contribution in [0.1, 0.15) is 56.8 Å². The second kappa shape index (κ2) is 6.17. The summed E-state index contributed by atoms with van der Waals surface area (Å²) in [5.74, 6) is 1.61. The van der Waals surface area contributed by atoms with E-state index in [1.165, 1.54) is 32.1 Å². The molecule has 0 aliphatic heterocycles. The van der Waals surface area contributed by atoms with E-state index in [9.17, 15) is 0 Å². The van der Waals surface area contributed by atoms with Crippen molar-refractivity contribution in [3.05, 3.63) is 17.5 Å². The molecule has 1 aliphatic carbocycles. The maximum Gasteiger partial charge on any atom is 0.223 e. The lowest BCUT2D eigenvalue weighted by Crippen LogP contribution is -2.31. The van der Waals surface area contributed by atoms with E-state index in [2.05, 4.69) is 22.2 Å². The number of rotatable bonds is 4. The Hall–Kier alpha value is -1.12.